The quantitative estimate of drug-likeness (QED) is 0.508. The molecule has 2 rings (SSSR count). The highest BCUT2D eigenvalue weighted by molar-refractivity contribution is 6.30. The maximum atomic E-state index is 7.80. The minimum Gasteiger partial charge on any atom is -0.367 e. The molecule has 5 nitrogen and oxygen atoms in total. The number of nitrogens with two attached hydrogens (primary N) is 1. The van der Waals surface area contributed by atoms with Crippen LogP contribution in [-0.4, -0.2) is 18.4 Å². The standard InChI is InChI=1S/C15H13Cl2N5/c16-13-5-1-11(2-6-13)9-19-21-15(18)22-20-10-12-3-7-14(17)8-4-12/h1-10H,(H3,18,21,22)/b19-9+,20-10+/i1D,2D,3D,4D,5D,6D,7D,8D. The van der Waals surface area contributed by atoms with Crippen molar-refractivity contribution < 1.29 is 11.0 Å². The molecule has 0 atom stereocenters. The molecule has 0 aliphatic carbocycles. The molecule has 0 spiro atoms. The van der Waals surface area contributed by atoms with Crippen molar-refractivity contribution in [2.75, 3.05) is 0 Å². The summed E-state index contributed by atoms with van der Waals surface area (Å²) < 4.78 is 61.8. The van der Waals surface area contributed by atoms with Crippen molar-refractivity contribution in [1.82, 2.24) is 5.43 Å². The molecule has 22 heavy (non-hydrogen) atoms. The number of hydrogen-bond acceptors (Lipinski definition) is 3. The molecular formula is C15H13Cl2N5. The molecule has 0 fully saturated rings. The minimum atomic E-state index is -0.415. The van der Waals surface area contributed by atoms with Gasteiger partial charge in [0.05, 0.1) is 23.4 Å². The number of nitrogens with one attached hydrogen (secondary N) is 1. The van der Waals surface area contributed by atoms with E-state index in [1.54, 1.807) is 0 Å². The Hall–Kier alpha value is -2.37. The van der Waals surface area contributed by atoms with Crippen LogP contribution >= 0.6 is 23.2 Å². The number of guanidine groups is 1. The number of rotatable bonds is 4. The van der Waals surface area contributed by atoms with Gasteiger partial charge in [-0.3, -0.25) is 0 Å². The molecule has 7 heteroatoms. The van der Waals surface area contributed by atoms with Crippen molar-refractivity contribution in [2.45, 2.75) is 0 Å². The monoisotopic (exact) mass is 341 g/mol. The van der Waals surface area contributed by atoms with E-state index in [0.717, 1.165) is 12.4 Å². The minimum absolute atomic E-state index is 0.122. The summed E-state index contributed by atoms with van der Waals surface area (Å²) in [4.78, 5) is 0. The van der Waals surface area contributed by atoms with Gasteiger partial charge in [-0.05, 0) is 35.3 Å². The Labute approximate surface area is 149 Å². The van der Waals surface area contributed by atoms with E-state index in [2.05, 4.69) is 20.7 Å². The van der Waals surface area contributed by atoms with Gasteiger partial charge in [0.1, 0.15) is 0 Å². The highest BCUT2D eigenvalue weighted by Crippen LogP contribution is 2.08. The topological polar surface area (TPSA) is 75.1 Å². The lowest BCUT2D eigenvalue weighted by Crippen LogP contribution is -2.26. The van der Waals surface area contributed by atoms with Gasteiger partial charge in [-0.25, -0.2) is 5.43 Å². The predicted octanol–water partition coefficient (Wildman–Crippen LogP) is 3.27. The first-order valence-electron chi connectivity index (χ1n) is 9.66. The average molecular weight is 342 g/mol. The van der Waals surface area contributed by atoms with Crippen molar-refractivity contribution in [3.63, 3.8) is 0 Å². The Morgan fingerprint density at radius 3 is 2.00 bits per heavy atom. The Morgan fingerprint density at radius 1 is 0.955 bits per heavy atom. The molecule has 2 aromatic carbocycles. The number of halogens is 2. The van der Waals surface area contributed by atoms with Crippen molar-refractivity contribution in [2.24, 2.45) is 21.0 Å². The van der Waals surface area contributed by atoms with E-state index in [-0.39, 0.29) is 39.2 Å². The van der Waals surface area contributed by atoms with E-state index in [1.807, 2.05) is 0 Å². The van der Waals surface area contributed by atoms with Crippen LogP contribution in [0, 0.1) is 0 Å². The maximum Gasteiger partial charge on any atom is 0.234 e. The third kappa shape index (κ3) is 5.55. The smallest absolute Gasteiger partial charge is 0.234 e. The number of hydrazone groups is 1. The first-order chi connectivity index (χ1) is 14.0. The molecule has 0 radical (unpaired) electrons. The maximum absolute atomic E-state index is 7.80. The van der Waals surface area contributed by atoms with E-state index in [9.17, 15) is 0 Å². The number of benzene rings is 2. The molecule has 0 saturated heterocycles. The van der Waals surface area contributed by atoms with Crippen molar-refractivity contribution in [3.8, 4) is 0 Å². The summed E-state index contributed by atoms with van der Waals surface area (Å²) in [5.74, 6) is -0.337. The first-order valence-corrected chi connectivity index (χ1v) is 6.41. The van der Waals surface area contributed by atoms with Crippen LogP contribution < -0.4 is 11.2 Å². The van der Waals surface area contributed by atoms with Crippen LogP contribution in [0.5, 0.6) is 0 Å². The molecule has 0 heterocycles. The summed E-state index contributed by atoms with van der Waals surface area (Å²) in [6.07, 6.45) is 1.97. The Bertz CT molecular complexity index is 1050. The average Bonchev–Trinajstić information content (AvgIpc) is 2.72. The molecule has 112 valence electrons. The van der Waals surface area contributed by atoms with Crippen LogP contribution in [-0.2, 0) is 0 Å². The third-order valence-electron chi connectivity index (χ3n) is 1.95. The molecular weight excluding hydrogens is 321 g/mol. The van der Waals surface area contributed by atoms with Gasteiger partial charge < -0.3 is 5.73 Å². The molecule has 0 amide bonds. The fourth-order valence-electron chi connectivity index (χ4n) is 1.08. The summed E-state index contributed by atoms with van der Waals surface area (Å²) in [7, 11) is 0. The second-order valence-corrected chi connectivity index (χ2v) is 4.31. The van der Waals surface area contributed by atoms with Gasteiger partial charge in [0.2, 0.25) is 5.96 Å². The van der Waals surface area contributed by atoms with Gasteiger partial charge in [-0.2, -0.15) is 10.2 Å². The first kappa shape index (κ1) is 8.31. The van der Waals surface area contributed by atoms with E-state index < -0.39 is 36.3 Å². The summed E-state index contributed by atoms with van der Waals surface area (Å²) >= 11 is 11.4. The fraction of sp³-hybridized carbons (Fsp3) is 0. The zero-order valence-corrected chi connectivity index (χ0v) is 12.3. The highest BCUT2D eigenvalue weighted by Gasteiger charge is 1.90. The van der Waals surface area contributed by atoms with E-state index in [0.29, 0.717) is 0 Å². The van der Waals surface area contributed by atoms with Gasteiger partial charge in [0, 0.05) is 10.0 Å². The normalized spacial score (nSPS) is 17.3. The van der Waals surface area contributed by atoms with Crippen LogP contribution in [0.2, 0.25) is 10.0 Å². The molecule has 2 aromatic rings. The van der Waals surface area contributed by atoms with Crippen LogP contribution in [0.25, 0.3) is 0 Å². The zero-order chi connectivity index (χ0) is 22.7. The molecule has 0 aromatic heterocycles. The summed E-state index contributed by atoms with van der Waals surface area (Å²) in [5, 5.41) is 10.2. The van der Waals surface area contributed by atoms with Gasteiger partial charge in [-0.1, -0.05) is 47.4 Å². The summed E-state index contributed by atoms with van der Waals surface area (Å²) in [6.45, 7) is 0. The molecule has 0 aliphatic heterocycles. The van der Waals surface area contributed by atoms with Crippen LogP contribution in [0.3, 0.4) is 0 Å². The summed E-state index contributed by atoms with van der Waals surface area (Å²) in [6, 6.07) is -3.20. The third-order valence-corrected chi connectivity index (χ3v) is 2.33. The van der Waals surface area contributed by atoms with E-state index in [4.69, 9.17) is 39.9 Å². The highest BCUT2D eigenvalue weighted by atomic mass is 35.5. The van der Waals surface area contributed by atoms with Crippen molar-refractivity contribution in [1.29, 1.82) is 0 Å². The fourth-order valence-corrected chi connectivity index (χ4v) is 1.27. The predicted molar refractivity (Wildman–Crippen MR) is 92.9 cm³/mol. The van der Waals surface area contributed by atoms with Crippen LogP contribution in [0.15, 0.2) is 63.6 Å². The van der Waals surface area contributed by atoms with Gasteiger partial charge in [0.25, 0.3) is 0 Å². The Morgan fingerprint density at radius 2 is 1.45 bits per heavy atom. The Kier molecular flexibility index (Phi) is 3.09. The largest absolute Gasteiger partial charge is 0.367 e. The van der Waals surface area contributed by atoms with Gasteiger partial charge >= 0.3 is 0 Å². The lowest BCUT2D eigenvalue weighted by Gasteiger charge is -1.96. The van der Waals surface area contributed by atoms with Gasteiger partial charge in [0.15, 0.2) is 0 Å². The SMILES string of the molecule is [2H]c1c([2H])c(/C=N/N=C(N)N/N=C/c2c([2H])c([2H])c(Cl)c([2H])c2[2H])c([2H])c([2H])c1Cl. The molecule has 0 aliphatic rings. The lowest BCUT2D eigenvalue weighted by atomic mass is 10.2. The molecule has 0 saturated carbocycles. The second kappa shape index (κ2) is 8.17. The van der Waals surface area contributed by atoms with Crippen LogP contribution in [0.1, 0.15) is 22.1 Å². The second-order valence-electron chi connectivity index (χ2n) is 3.56. The Balaban J connectivity index is 2.21. The number of nitrogens with zero attached hydrogens (tertiary/aromatic N) is 3. The molecule has 0 unspecified atom stereocenters. The molecule has 3 N–H and O–H groups in total. The van der Waals surface area contributed by atoms with E-state index in [1.165, 1.54) is 0 Å². The molecule has 0 bridgehead atoms. The lowest BCUT2D eigenvalue weighted by molar-refractivity contribution is 0.994. The van der Waals surface area contributed by atoms with Crippen LogP contribution in [0.4, 0.5) is 0 Å². The number of hydrogen-bond donors (Lipinski definition) is 2. The zero-order valence-electron chi connectivity index (χ0n) is 18.8. The van der Waals surface area contributed by atoms with Crippen molar-refractivity contribution >= 4 is 41.6 Å². The summed E-state index contributed by atoms with van der Waals surface area (Å²) in [5.41, 5.74) is 7.55. The van der Waals surface area contributed by atoms with Gasteiger partial charge in [-0.15, -0.1) is 5.10 Å². The van der Waals surface area contributed by atoms with Crippen molar-refractivity contribution in [3.05, 3.63) is 69.5 Å². The van der Waals surface area contributed by atoms with E-state index >= 15 is 0 Å².